The molecule has 0 bridgehead atoms. The van der Waals surface area contributed by atoms with Crippen LogP contribution in [-0.2, 0) is 27.9 Å². The summed E-state index contributed by atoms with van der Waals surface area (Å²) in [5.41, 5.74) is 7.91. The number of amidine groups is 1. The van der Waals surface area contributed by atoms with Gasteiger partial charge in [-0.15, -0.1) is 0 Å². The zero-order valence-corrected chi connectivity index (χ0v) is 32.2. The Morgan fingerprint density at radius 2 is 1.51 bits per heavy atom. The molecule has 4 aromatic rings. The Hall–Kier alpha value is -6.03. The number of nitrogens with one attached hydrogen (secondary N) is 1. The summed E-state index contributed by atoms with van der Waals surface area (Å²) in [6, 6.07) is 15.1. The van der Waals surface area contributed by atoms with Crippen molar-refractivity contribution in [3.63, 3.8) is 0 Å². The van der Waals surface area contributed by atoms with E-state index in [-0.39, 0.29) is 30.4 Å². The highest BCUT2D eigenvalue weighted by molar-refractivity contribution is 6.07. The van der Waals surface area contributed by atoms with Gasteiger partial charge in [-0.2, -0.15) is 53.3 Å². The number of hydrogen-bond donors (Lipinski definition) is 2. The maximum atomic E-state index is 14.1. The molecule has 0 radical (unpaired) electrons. The van der Waals surface area contributed by atoms with Crippen LogP contribution in [0.25, 0.3) is 11.0 Å². The number of benzene rings is 2. The molecule has 0 fully saturated rings. The number of unbranched alkanes of at least 4 members (excludes halogenated alkanes) is 3. The molecule has 2 aromatic carbocycles. The monoisotopic (exact) mass is 881 g/mol. The molecule has 2 amide bonds. The van der Waals surface area contributed by atoms with Gasteiger partial charge in [0.25, 0.3) is 5.91 Å². The lowest BCUT2D eigenvalue weighted by Crippen LogP contribution is -2.67. The number of aromatic nitrogens is 3. The van der Waals surface area contributed by atoms with Gasteiger partial charge in [0.05, 0.1) is 30.6 Å². The molecule has 0 spiro atoms. The average molecular weight is 882 g/mol. The molecule has 0 aliphatic carbocycles. The van der Waals surface area contributed by atoms with Crippen molar-refractivity contribution >= 4 is 46.3 Å². The lowest BCUT2D eigenvalue weighted by Gasteiger charge is -2.36. The molecule has 2 heterocycles. The van der Waals surface area contributed by atoms with E-state index < -0.39 is 67.4 Å². The van der Waals surface area contributed by atoms with Crippen LogP contribution >= 0.6 is 0 Å². The Morgan fingerprint density at radius 3 is 2.13 bits per heavy atom. The second-order valence-electron chi connectivity index (χ2n) is 13.4. The standard InChI is InChI=1S/C38H38F11N7O5/c1-3-4-5-8-19-60-33(59)54-31(50)23-10-13-25(14-11-23)52-21-29-53-26-20-24(12-15-27(26)55(29)2)32(58)56(28-9-6-7-17-51-28)18-16-30(57)61-22-34(39,40)35(41,42)36(43,44)37(45,46)38(47,48)49/h6-7,9-15,17,20,52H,3-5,8,16,18-19,21-22H2,1-2H3,(H2,50,54,59). The summed E-state index contributed by atoms with van der Waals surface area (Å²) < 4.78 is 157. The molecule has 4 rings (SSSR count). The van der Waals surface area contributed by atoms with E-state index in [0.29, 0.717) is 28.1 Å². The molecule has 0 saturated carbocycles. The molecule has 12 nitrogen and oxygen atoms in total. The molecule has 332 valence electrons. The van der Waals surface area contributed by atoms with E-state index >= 15 is 0 Å². The Morgan fingerprint density at radius 1 is 0.836 bits per heavy atom. The highest BCUT2D eigenvalue weighted by Crippen LogP contribution is 2.57. The van der Waals surface area contributed by atoms with E-state index in [0.717, 1.165) is 30.6 Å². The molecule has 0 aliphatic heterocycles. The minimum atomic E-state index is -7.66. The predicted molar refractivity (Wildman–Crippen MR) is 198 cm³/mol. The van der Waals surface area contributed by atoms with E-state index in [1.165, 1.54) is 42.6 Å². The van der Waals surface area contributed by atoms with Gasteiger partial charge in [0.2, 0.25) is 0 Å². The zero-order valence-electron chi connectivity index (χ0n) is 32.2. The second kappa shape index (κ2) is 19.1. The van der Waals surface area contributed by atoms with Gasteiger partial charge in [-0.25, -0.2) is 14.8 Å². The van der Waals surface area contributed by atoms with Crippen molar-refractivity contribution in [1.82, 2.24) is 14.5 Å². The minimum Gasteiger partial charge on any atom is -0.459 e. The van der Waals surface area contributed by atoms with Crippen LogP contribution in [0, 0.1) is 0 Å². The van der Waals surface area contributed by atoms with Crippen molar-refractivity contribution in [3.8, 4) is 0 Å². The number of aryl methyl sites for hydroxylation is 1. The van der Waals surface area contributed by atoms with Crippen molar-refractivity contribution < 1.29 is 72.2 Å². The predicted octanol–water partition coefficient (Wildman–Crippen LogP) is 8.69. The fourth-order valence-corrected chi connectivity index (χ4v) is 5.50. The molecule has 61 heavy (non-hydrogen) atoms. The zero-order chi connectivity index (χ0) is 45.4. The molecule has 2 aromatic heterocycles. The lowest BCUT2D eigenvalue weighted by molar-refractivity contribution is -0.423. The van der Waals surface area contributed by atoms with Crippen LogP contribution in [0.2, 0.25) is 0 Å². The van der Waals surface area contributed by atoms with E-state index in [1.807, 2.05) is 0 Å². The molecule has 0 atom stereocenters. The van der Waals surface area contributed by atoms with Gasteiger partial charge in [-0.3, -0.25) is 14.5 Å². The first-order chi connectivity index (χ1) is 28.4. The maximum absolute atomic E-state index is 14.1. The Balaban J connectivity index is 1.42. The third-order valence-electron chi connectivity index (χ3n) is 9.02. The highest BCUT2D eigenvalue weighted by atomic mass is 19.4. The van der Waals surface area contributed by atoms with Crippen LogP contribution < -0.4 is 16.0 Å². The topological polar surface area (TPSA) is 154 Å². The Bertz CT molecular complexity index is 2180. The number of fused-ring (bicyclic) bond motifs is 1. The van der Waals surface area contributed by atoms with Gasteiger partial charge in [-0.1, -0.05) is 32.3 Å². The van der Waals surface area contributed by atoms with Gasteiger partial charge < -0.3 is 25.1 Å². The number of carbonyl (C=O) groups excluding carboxylic acids is 3. The summed E-state index contributed by atoms with van der Waals surface area (Å²) >= 11 is 0. The third kappa shape index (κ3) is 10.8. The normalized spacial score (nSPS) is 13.0. The first-order valence-corrected chi connectivity index (χ1v) is 18.2. The van der Waals surface area contributed by atoms with Crippen LogP contribution in [0.15, 0.2) is 71.9 Å². The Kier molecular flexibility index (Phi) is 14.9. The van der Waals surface area contributed by atoms with Gasteiger partial charge in [0.1, 0.15) is 17.5 Å². The van der Waals surface area contributed by atoms with E-state index in [4.69, 9.17) is 10.5 Å². The van der Waals surface area contributed by atoms with Crippen LogP contribution in [0.5, 0.6) is 0 Å². The first-order valence-electron chi connectivity index (χ1n) is 18.2. The van der Waals surface area contributed by atoms with Crippen molar-refractivity contribution in [3.05, 3.63) is 83.8 Å². The number of nitrogens with zero attached hydrogens (tertiary/aromatic N) is 5. The SMILES string of the molecule is CCCCCCOC(=O)/N=C(\N)c1ccc(NCc2nc3cc(C(=O)N(CCC(=O)OCC(F)(F)C(F)(F)C(F)(F)C(F)(F)C(F)(F)F)c4ccccn4)ccc3n2C)cc1. The number of hydrogen-bond acceptors (Lipinski definition) is 8. The number of carbonyl (C=O) groups is 3. The van der Waals surface area contributed by atoms with Gasteiger partial charge >= 0.3 is 41.9 Å². The third-order valence-corrected chi connectivity index (χ3v) is 9.02. The van der Waals surface area contributed by atoms with E-state index in [1.54, 1.807) is 35.9 Å². The first kappa shape index (κ1) is 47.6. The van der Waals surface area contributed by atoms with Crippen LogP contribution in [0.4, 0.5) is 64.6 Å². The van der Waals surface area contributed by atoms with E-state index in [2.05, 4.69) is 31.9 Å². The number of ether oxygens (including phenoxy) is 2. The van der Waals surface area contributed by atoms with Gasteiger partial charge in [0, 0.05) is 36.6 Å². The largest absolute Gasteiger partial charge is 0.460 e. The number of imidazole rings is 1. The number of rotatable bonds is 19. The number of pyridine rings is 1. The number of amides is 2. The molecular formula is C38H38F11N7O5. The molecule has 0 unspecified atom stereocenters. The number of aliphatic imine (C=N–C) groups is 1. The number of alkyl halides is 11. The molecule has 3 N–H and O–H groups in total. The summed E-state index contributed by atoms with van der Waals surface area (Å²) in [7, 11) is 1.70. The lowest BCUT2D eigenvalue weighted by atomic mass is 9.98. The molecule has 0 saturated heterocycles. The van der Waals surface area contributed by atoms with Crippen molar-refractivity contribution in [2.45, 2.75) is 75.4 Å². The number of anilines is 2. The second-order valence-corrected chi connectivity index (χ2v) is 13.4. The summed E-state index contributed by atoms with van der Waals surface area (Å²) in [5.74, 6) is -31.4. The number of nitrogens with two attached hydrogens (primary N) is 1. The van der Waals surface area contributed by atoms with Gasteiger partial charge in [0.15, 0.2) is 6.61 Å². The van der Waals surface area contributed by atoms with Crippen molar-refractivity contribution in [2.24, 2.45) is 17.8 Å². The summed E-state index contributed by atoms with van der Waals surface area (Å²) in [5, 5.41) is 3.18. The van der Waals surface area contributed by atoms with Gasteiger partial charge in [-0.05, 0) is 61.0 Å². The molecule has 0 aliphatic rings. The van der Waals surface area contributed by atoms with Crippen LogP contribution in [0.1, 0.15) is 60.8 Å². The van der Waals surface area contributed by atoms with E-state index in [9.17, 15) is 62.7 Å². The summed E-state index contributed by atoms with van der Waals surface area (Å²) in [6.07, 6.45) is -4.28. The summed E-state index contributed by atoms with van der Waals surface area (Å²) in [4.78, 5) is 51.2. The van der Waals surface area contributed by atoms with Crippen molar-refractivity contribution in [2.75, 3.05) is 30.0 Å². The fourth-order valence-electron chi connectivity index (χ4n) is 5.50. The molecule has 23 heteroatoms. The number of halogens is 11. The highest BCUT2D eigenvalue weighted by Gasteiger charge is 2.87. The Labute approximate surface area is 339 Å². The van der Waals surface area contributed by atoms with Crippen LogP contribution in [0.3, 0.4) is 0 Å². The molecular weight excluding hydrogens is 843 g/mol. The fraction of sp³-hybridized carbons (Fsp3) is 0.421. The quantitative estimate of drug-likeness (QED) is 0.0310. The average Bonchev–Trinajstić information content (AvgIpc) is 3.53. The summed E-state index contributed by atoms with van der Waals surface area (Å²) in [6.45, 7) is -1.29. The number of esters is 1. The minimum absolute atomic E-state index is 0.0350. The van der Waals surface area contributed by atoms with Crippen LogP contribution in [-0.4, -0.2) is 88.0 Å². The maximum Gasteiger partial charge on any atom is 0.460 e. The van der Waals surface area contributed by atoms with Crippen molar-refractivity contribution in [1.29, 1.82) is 0 Å². The smallest absolute Gasteiger partial charge is 0.459 e.